The number of halogens is 2. The molecule has 0 aliphatic heterocycles. The van der Waals surface area contributed by atoms with Crippen LogP contribution < -0.4 is 5.32 Å². The van der Waals surface area contributed by atoms with Crippen LogP contribution in [0.25, 0.3) is 0 Å². The fraction of sp³-hybridized carbons (Fsp3) is 0.375. The van der Waals surface area contributed by atoms with E-state index in [1.807, 2.05) is 12.1 Å². The van der Waals surface area contributed by atoms with Crippen molar-refractivity contribution in [3.8, 4) is 0 Å². The highest BCUT2D eigenvalue weighted by molar-refractivity contribution is 7.20. The lowest BCUT2D eigenvalue weighted by Gasteiger charge is -2.28. The minimum Gasteiger partial charge on any atom is -0.309 e. The summed E-state index contributed by atoms with van der Waals surface area (Å²) in [7, 11) is 0. The van der Waals surface area contributed by atoms with Crippen LogP contribution in [-0.4, -0.2) is 6.54 Å². The summed E-state index contributed by atoms with van der Waals surface area (Å²) in [4.78, 5) is 0. The first-order valence-corrected chi connectivity index (χ1v) is 8.21. The second-order valence-electron chi connectivity index (χ2n) is 5.63. The van der Waals surface area contributed by atoms with Crippen molar-refractivity contribution >= 4 is 34.5 Å². The first kappa shape index (κ1) is 15.8. The van der Waals surface area contributed by atoms with Gasteiger partial charge in [0, 0.05) is 18.0 Å². The van der Waals surface area contributed by atoms with Crippen molar-refractivity contribution in [3.63, 3.8) is 0 Å². The van der Waals surface area contributed by atoms with Crippen LogP contribution in [0.3, 0.4) is 0 Å². The molecule has 1 aromatic carbocycles. The molecule has 20 heavy (non-hydrogen) atoms. The van der Waals surface area contributed by atoms with Crippen molar-refractivity contribution in [2.24, 2.45) is 0 Å². The van der Waals surface area contributed by atoms with Gasteiger partial charge in [0.2, 0.25) is 0 Å². The summed E-state index contributed by atoms with van der Waals surface area (Å²) in [5.41, 5.74) is 2.47. The molecule has 0 radical (unpaired) electrons. The molecule has 0 saturated carbocycles. The third kappa shape index (κ3) is 3.76. The van der Waals surface area contributed by atoms with Crippen LogP contribution in [0.1, 0.15) is 37.9 Å². The fourth-order valence-electron chi connectivity index (χ4n) is 2.16. The molecule has 1 N–H and O–H groups in total. The van der Waals surface area contributed by atoms with Gasteiger partial charge in [0.15, 0.2) is 0 Å². The van der Waals surface area contributed by atoms with Gasteiger partial charge in [-0.2, -0.15) is 0 Å². The van der Waals surface area contributed by atoms with Crippen molar-refractivity contribution < 1.29 is 0 Å². The highest BCUT2D eigenvalue weighted by Crippen LogP contribution is 2.35. The standard InChI is InChI=1S/C16H19Cl2NS/c1-11(13-9-14(17)20-15(13)18)19-10-16(2,3)12-7-5-4-6-8-12/h4-9,11,19H,10H2,1-3H3. The number of rotatable bonds is 5. The summed E-state index contributed by atoms with van der Waals surface area (Å²) in [6.45, 7) is 7.47. The van der Waals surface area contributed by atoms with Gasteiger partial charge in [-0.15, -0.1) is 11.3 Å². The summed E-state index contributed by atoms with van der Waals surface area (Å²) >= 11 is 13.6. The molecule has 0 fully saturated rings. The second kappa shape index (κ2) is 6.48. The number of hydrogen-bond donors (Lipinski definition) is 1. The fourth-order valence-corrected chi connectivity index (χ4v) is 3.80. The quantitative estimate of drug-likeness (QED) is 0.744. The molecule has 0 aliphatic rings. The van der Waals surface area contributed by atoms with Gasteiger partial charge < -0.3 is 5.32 Å². The molecule has 2 rings (SSSR count). The second-order valence-corrected chi connectivity index (χ2v) is 7.92. The summed E-state index contributed by atoms with van der Waals surface area (Å²) < 4.78 is 1.51. The normalized spacial score (nSPS) is 13.4. The summed E-state index contributed by atoms with van der Waals surface area (Å²) in [6.07, 6.45) is 0. The molecule has 0 amide bonds. The van der Waals surface area contributed by atoms with Gasteiger partial charge in [-0.25, -0.2) is 0 Å². The number of hydrogen-bond acceptors (Lipinski definition) is 2. The average Bonchev–Trinajstić information content (AvgIpc) is 2.76. The molecule has 1 aromatic heterocycles. The SMILES string of the molecule is CC(NCC(C)(C)c1ccccc1)c1cc(Cl)sc1Cl. The number of benzene rings is 1. The Balaban J connectivity index is 2.03. The van der Waals surface area contributed by atoms with Crippen LogP contribution in [0.2, 0.25) is 8.67 Å². The lowest BCUT2D eigenvalue weighted by atomic mass is 9.84. The van der Waals surface area contributed by atoms with Crippen molar-refractivity contribution in [3.05, 3.63) is 56.2 Å². The molecule has 0 saturated heterocycles. The third-order valence-corrected chi connectivity index (χ3v) is 5.07. The lowest BCUT2D eigenvalue weighted by molar-refractivity contribution is 0.436. The maximum Gasteiger partial charge on any atom is 0.0991 e. The van der Waals surface area contributed by atoms with Gasteiger partial charge in [0.1, 0.15) is 0 Å². The highest BCUT2D eigenvalue weighted by atomic mass is 35.5. The Bertz CT molecular complexity index is 563. The molecule has 4 heteroatoms. The van der Waals surface area contributed by atoms with Crippen LogP contribution in [0.15, 0.2) is 36.4 Å². The van der Waals surface area contributed by atoms with Gasteiger partial charge in [-0.05, 0) is 24.1 Å². The molecule has 0 aliphatic carbocycles. The Morgan fingerprint density at radius 1 is 1.20 bits per heavy atom. The Morgan fingerprint density at radius 2 is 1.85 bits per heavy atom. The van der Waals surface area contributed by atoms with E-state index in [0.29, 0.717) is 0 Å². The largest absolute Gasteiger partial charge is 0.309 e. The van der Waals surface area contributed by atoms with E-state index >= 15 is 0 Å². The molecule has 108 valence electrons. The Kier molecular flexibility index (Phi) is 5.14. The monoisotopic (exact) mass is 327 g/mol. The van der Waals surface area contributed by atoms with E-state index in [4.69, 9.17) is 23.2 Å². The molecule has 2 aromatic rings. The Morgan fingerprint density at radius 3 is 2.40 bits per heavy atom. The van der Waals surface area contributed by atoms with Gasteiger partial charge in [0.25, 0.3) is 0 Å². The zero-order chi connectivity index (χ0) is 14.8. The van der Waals surface area contributed by atoms with E-state index in [2.05, 4.69) is 50.4 Å². The topological polar surface area (TPSA) is 12.0 Å². The maximum atomic E-state index is 6.20. The molecule has 1 heterocycles. The summed E-state index contributed by atoms with van der Waals surface area (Å²) in [5, 5.41) is 3.56. The van der Waals surface area contributed by atoms with E-state index in [9.17, 15) is 0 Å². The van der Waals surface area contributed by atoms with Crippen molar-refractivity contribution in [2.75, 3.05) is 6.54 Å². The smallest absolute Gasteiger partial charge is 0.0991 e. The van der Waals surface area contributed by atoms with Crippen molar-refractivity contribution in [1.82, 2.24) is 5.32 Å². The summed E-state index contributed by atoms with van der Waals surface area (Å²) in [5.74, 6) is 0. The molecule has 1 nitrogen and oxygen atoms in total. The molecule has 0 bridgehead atoms. The minimum absolute atomic E-state index is 0.0712. The maximum absolute atomic E-state index is 6.20. The summed E-state index contributed by atoms with van der Waals surface area (Å²) in [6, 6.07) is 12.7. The van der Waals surface area contributed by atoms with Crippen LogP contribution in [0.5, 0.6) is 0 Å². The zero-order valence-electron chi connectivity index (χ0n) is 11.9. The first-order chi connectivity index (χ1) is 9.40. The molecule has 0 spiro atoms. The molecular formula is C16H19Cl2NS. The Hall–Kier alpha value is -0.540. The van der Waals surface area contributed by atoms with E-state index in [1.54, 1.807) is 0 Å². The van der Waals surface area contributed by atoms with Crippen molar-refractivity contribution in [1.29, 1.82) is 0 Å². The van der Waals surface area contributed by atoms with E-state index < -0.39 is 0 Å². The average molecular weight is 328 g/mol. The van der Waals surface area contributed by atoms with Crippen LogP contribution in [-0.2, 0) is 5.41 Å². The van der Waals surface area contributed by atoms with Crippen LogP contribution in [0.4, 0.5) is 0 Å². The van der Waals surface area contributed by atoms with Gasteiger partial charge in [0.05, 0.1) is 8.67 Å². The number of nitrogens with one attached hydrogen (secondary N) is 1. The minimum atomic E-state index is 0.0712. The van der Waals surface area contributed by atoms with Crippen LogP contribution in [0, 0.1) is 0 Å². The molecule has 1 unspecified atom stereocenters. The van der Waals surface area contributed by atoms with Gasteiger partial charge in [-0.3, -0.25) is 0 Å². The molecule has 1 atom stereocenters. The predicted molar refractivity (Wildman–Crippen MR) is 90.2 cm³/mol. The van der Waals surface area contributed by atoms with Gasteiger partial charge in [-0.1, -0.05) is 67.4 Å². The van der Waals surface area contributed by atoms with Crippen molar-refractivity contribution in [2.45, 2.75) is 32.2 Å². The highest BCUT2D eigenvalue weighted by Gasteiger charge is 2.22. The predicted octanol–water partition coefficient (Wildman–Crippen LogP) is 5.68. The molecular weight excluding hydrogens is 309 g/mol. The van der Waals surface area contributed by atoms with E-state index in [-0.39, 0.29) is 11.5 Å². The van der Waals surface area contributed by atoms with Gasteiger partial charge >= 0.3 is 0 Å². The van der Waals surface area contributed by atoms with E-state index in [0.717, 1.165) is 20.8 Å². The van der Waals surface area contributed by atoms with E-state index in [1.165, 1.54) is 16.9 Å². The lowest BCUT2D eigenvalue weighted by Crippen LogP contribution is -2.34. The third-order valence-electron chi connectivity index (χ3n) is 3.56. The zero-order valence-corrected chi connectivity index (χ0v) is 14.2. The number of thiophene rings is 1. The Labute approximate surface area is 134 Å². The van der Waals surface area contributed by atoms with Crippen LogP contribution >= 0.6 is 34.5 Å². The first-order valence-electron chi connectivity index (χ1n) is 6.64.